The highest BCUT2D eigenvalue weighted by molar-refractivity contribution is 5.84. The molecule has 2 amide bonds. The molecular formula is C16H25N3O3. The summed E-state index contributed by atoms with van der Waals surface area (Å²) >= 11 is 0. The molecule has 0 radical (unpaired) electrons. The summed E-state index contributed by atoms with van der Waals surface area (Å²) < 4.78 is 5.18. The van der Waals surface area contributed by atoms with E-state index in [1.54, 1.807) is 12.1 Å². The van der Waals surface area contributed by atoms with Gasteiger partial charge in [-0.15, -0.1) is 0 Å². The van der Waals surface area contributed by atoms with Crippen LogP contribution < -0.4 is 10.6 Å². The van der Waals surface area contributed by atoms with Gasteiger partial charge in [0.1, 0.15) is 5.60 Å². The molecular weight excluding hydrogens is 282 g/mol. The van der Waals surface area contributed by atoms with Crippen LogP contribution in [0.5, 0.6) is 0 Å². The molecule has 0 atom stereocenters. The van der Waals surface area contributed by atoms with Crippen molar-refractivity contribution in [1.82, 2.24) is 10.2 Å². The average Bonchev–Trinajstić information content (AvgIpc) is 2.34. The van der Waals surface area contributed by atoms with Crippen LogP contribution in [0.2, 0.25) is 0 Å². The summed E-state index contributed by atoms with van der Waals surface area (Å²) in [5.41, 5.74) is 1.08. The third-order valence-electron chi connectivity index (χ3n) is 2.55. The summed E-state index contributed by atoms with van der Waals surface area (Å²) in [5, 5.41) is 5.49. The lowest BCUT2D eigenvalue weighted by molar-refractivity contribution is -0.121. The number of likely N-dealkylation sites (N-methyl/N-ethyl adjacent to an activating group) is 1. The average molecular weight is 307 g/mol. The Balaban J connectivity index is 2.46. The van der Waals surface area contributed by atoms with E-state index in [2.05, 4.69) is 10.6 Å². The molecule has 0 aliphatic rings. The van der Waals surface area contributed by atoms with Gasteiger partial charge in [-0.1, -0.05) is 12.1 Å². The first-order valence-corrected chi connectivity index (χ1v) is 7.16. The van der Waals surface area contributed by atoms with Crippen molar-refractivity contribution in [2.75, 3.05) is 26.0 Å². The number of hydrogen-bond acceptors (Lipinski definition) is 4. The van der Waals surface area contributed by atoms with E-state index in [0.717, 1.165) is 5.56 Å². The van der Waals surface area contributed by atoms with E-state index in [0.29, 0.717) is 18.8 Å². The first kappa shape index (κ1) is 18.0. The van der Waals surface area contributed by atoms with Gasteiger partial charge in [-0.2, -0.15) is 0 Å². The summed E-state index contributed by atoms with van der Waals surface area (Å²) in [7, 11) is 3.69. The van der Waals surface area contributed by atoms with E-state index in [1.807, 2.05) is 51.9 Å². The second-order valence-corrected chi connectivity index (χ2v) is 6.34. The quantitative estimate of drug-likeness (QED) is 0.875. The van der Waals surface area contributed by atoms with E-state index in [9.17, 15) is 9.59 Å². The van der Waals surface area contributed by atoms with Gasteiger partial charge in [0.15, 0.2) is 0 Å². The van der Waals surface area contributed by atoms with Crippen LogP contribution in [0.15, 0.2) is 24.3 Å². The number of benzene rings is 1. The smallest absolute Gasteiger partial charge is 0.412 e. The van der Waals surface area contributed by atoms with Gasteiger partial charge in [-0.3, -0.25) is 10.1 Å². The van der Waals surface area contributed by atoms with Crippen molar-refractivity contribution in [3.63, 3.8) is 0 Å². The summed E-state index contributed by atoms with van der Waals surface area (Å²) in [6, 6.07) is 7.25. The second-order valence-electron chi connectivity index (χ2n) is 6.34. The molecule has 0 aromatic heterocycles. The van der Waals surface area contributed by atoms with Crippen LogP contribution in [0, 0.1) is 0 Å². The van der Waals surface area contributed by atoms with E-state index < -0.39 is 11.7 Å². The number of amides is 2. The molecule has 0 spiro atoms. The molecule has 1 aromatic carbocycles. The highest BCUT2D eigenvalue weighted by Gasteiger charge is 2.16. The number of carbonyl (C=O) groups excluding carboxylic acids is 2. The Bertz CT molecular complexity index is 504. The number of rotatable bonds is 5. The van der Waals surface area contributed by atoms with Crippen LogP contribution in [0.4, 0.5) is 10.5 Å². The molecule has 6 heteroatoms. The Morgan fingerprint density at radius 2 is 1.73 bits per heavy atom. The fraction of sp³-hybridized carbons (Fsp3) is 0.500. The molecule has 0 saturated carbocycles. The van der Waals surface area contributed by atoms with Crippen molar-refractivity contribution in [2.45, 2.75) is 32.9 Å². The van der Waals surface area contributed by atoms with Crippen molar-refractivity contribution < 1.29 is 14.3 Å². The van der Waals surface area contributed by atoms with Gasteiger partial charge in [0.05, 0.1) is 6.54 Å². The molecule has 0 fully saturated rings. The zero-order valence-corrected chi connectivity index (χ0v) is 13.9. The van der Waals surface area contributed by atoms with Gasteiger partial charge in [-0.25, -0.2) is 4.79 Å². The fourth-order valence-electron chi connectivity index (χ4n) is 1.67. The molecule has 1 rings (SSSR count). The predicted molar refractivity (Wildman–Crippen MR) is 86.7 cm³/mol. The molecule has 0 heterocycles. The number of nitrogens with zero attached hydrogens (tertiary/aromatic N) is 1. The lowest BCUT2D eigenvalue weighted by Crippen LogP contribution is -2.32. The highest BCUT2D eigenvalue weighted by Crippen LogP contribution is 2.12. The monoisotopic (exact) mass is 307 g/mol. The number of ether oxygens (including phenoxy) is 1. The van der Waals surface area contributed by atoms with Crippen LogP contribution in [0.1, 0.15) is 26.3 Å². The standard InChI is InChI=1S/C16H25N3O3/c1-16(2,3)22-15(21)18-13-8-6-12(7-9-13)10-17-14(20)11-19(4)5/h6-9H,10-11H2,1-5H3,(H,17,20)(H,18,21). The maximum Gasteiger partial charge on any atom is 0.412 e. The minimum absolute atomic E-state index is 0.0269. The van der Waals surface area contributed by atoms with Crippen LogP contribution in [0.3, 0.4) is 0 Å². The van der Waals surface area contributed by atoms with Gasteiger partial charge in [0.25, 0.3) is 0 Å². The third-order valence-corrected chi connectivity index (χ3v) is 2.55. The van der Waals surface area contributed by atoms with Crippen molar-refractivity contribution in [3.05, 3.63) is 29.8 Å². The van der Waals surface area contributed by atoms with Crippen molar-refractivity contribution in [1.29, 1.82) is 0 Å². The molecule has 1 aromatic rings. The number of anilines is 1. The summed E-state index contributed by atoms with van der Waals surface area (Å²) in [5.74, 6) is -0.0269. The Morgan fingerprint density at radius 1 is 1.14 bits per heavy atom. The largest absolute Gasteiger partial charge is 0.444 e. The van der Waals surface area contributed by atoms with Gasteiger partial charge in [0.2, 0.25) is 5.91 Å². The van der Waals surface area contributed by atoms with Crippen LogP contribution in [-0.4, -0.2) is 43.1 Å². The molecule has 2 N–H and O–H groups in total. The molecule has 0 unspecified atom stereocenters. The van der Waals surface area contributed by atoms with Crippen LogP contribution in [0.25, 0.3) is 0 Å². The lowest BCUT2D eigenvalue weighted by atomic mass is 10.2. The van der Waals surface area contributed by atoms with Gasteiger partial charge < -0.3 is 15.0 Å². The van der Waals surface area contributed by atoms with Crippen LogP contribution >= 0.6 is 0 Å². The molecule has 22 heavy (non-hydrogen) atoms. The summed E-state index contributed by atoms with van der Waals surface area (Å²) in [6.45, 7) is 6.25. The Morgan fingerprint density at radius 3 is 2.23 bits per heavy atom. The SMILES string of the molecule is CN(C)CC(=O)NCc1ccc(NC(=O)OC(C)(C)C)cc1. The lowest BCUT2D eigenvalue weighted by Gasteiger charge is -2.19. The predicted octanol–water partition coefficient (Wildman–Crippen LogP) is 2.21. The van der Waals surface area contributed by atoms with Gasteiger partial charge in [0, 0.05) is 12.2 Å². The molecule has 0 bridgehead atoms. The normalized spacial score (nSPS) is 11.2. The van der Waals surface area contributed by atoms with E-state index in [-0.39, 0.29) is 5.91 Å². The van der Waals surface area contributed by atoms with Crippen LogP contribution in [-0.2, 0) is 16.1 Å². The molecule has 6 nitrogen and oxygen atoms in total. The Kier molecular flexibility index (Phi) is 6.37. The molecule has 122 valence electrons. The topological polar surface area (TPSA) is 70.7 Å². The number of carbonyl (C=O) groups is 2. The second kappa shape index (κ2) is 7.79. The maximum absolute atomic E-state index is 11.6. The zero-order chi connectivity index (χ0) is 16.8. The van der Waals surface area contributed by atoms with E-state index >= 15 is 0 Å². The van der Waals surface area contributed by atoms with Crippen molar-refractivity contribution in [3.8, 4) is 0 Å². The minimum Gasteiger partial charge on any atom is -0.444 e. The van der Waals surface area contributed by atoms with Crippen molar-refractivity contribution >= 4 is 17.7 Å². The molecule has 0 aliphatic heterocycles. The molecule has 0 saturated heterocycles. The van der Waals surface area contributed by atoms with E-state index in [1.165, 1.54) is 0 Å². The van der Waals surface area contributed by atoms with Gasteiger partial charge in [-0.05, 0) is 52.6 Å². The van der Waals surface area contributed by atoms with Crippen molar-refractivity contribution in [2.24, 2.45) is 0 Å². The number of nitrogens with one attached hydrogen (secondary N) is 2. The summed E-state index contributed by atoms with van der Waals surface area (Å²) in [6.07, 6.45) is -0.487. The molecule has 0 aliphatic carbocycles. The zero-order valence-electron chi connectivity index (χ0n) is 13.9. The Labute approximate surface area is 131 Å². The summed E-state index contributed by atoms with van der Waals surface area (Å²) in [4.78, 5) is 25.0. The van der Waals surface area contributed by atoms with E-state index in [4.69, 9.17) is 4.74 Å². The number of hydrogen-bond donors (Lipinski definition) is 2. The third kappa shape index (κ3) is 7.64. The maximum atomic E-state index is 11.6. The first-order valence-electron chi connectivity index (χ1n) is 7.16. The fourth-order valence-corrected chi connectivity index (χ4v) is 1.67. The van der Waals surface area contributed by atoms with Gasteiger partial charge >= 0.3 is 6.09 Å². The highest BCUT2D eigenvalue weighted by atomic mass is 16.6. The first-order chi connectivity index (χ1) is 10.2. The Hall–Kier alpha value is -2.08. The minimum atomic E-state index is -0.527.